The van der Waals surface area contributed by atoms with Crippen LogP contribution < -0.4 is 14.6 Å². The van der Waals surface area contributed by atoms with Crippen molar-refractivity contribution in [1.82, 2.24) is 4.72 Å². The SMILES string of the molecule is N#Cc1ccc(OP(=O)(O)CNS(=O)(=O)c2cc3cc(NC(=O)c4cccc(O)c4O)ccc3s2)cc1F. The predicted octanol–water partition coefficient (Wildman–Crippen LogP) is 4.08. The van der Waals surface area contributed by atoms with Crippen LogP contribution in [0.1, 0.15) is 15.9 Å². The molecule has 3 aromatic carbocycles. The summed E-state index contributed by atoms with van der Waals surface area (Å²) in [5.74, 6) is -3.08. The molecular weight excluding hydrogens is 560 g/mol. The molecule has 0 fully saturated rings. The maximum absolute atomic E-state index is 13.7. The summed E-state index contributed by atoms with van der Waals surface area (Å²) in [6.45, 7) is 0. The van der Waals surface area contributed by atoms with Crippen molar-refractivity contribution in [2.75, 3.05) is 11.6 Å². The highest BCUT2D eigenvalue weighted by atomic mass is 32.2. The molecule has 4 aromatic rings. The second-order valence-corrected chi connectivity index (χ2v) is 12.6. The first kappa shape index (κ1) is 27.1. The Bertz CT molecular complexity index is 1770. The number of nitrogens with one attached hydrogen (secondary N) is 2. The van der Waals surface area contributed by atoms with Gasteiger partial charge in [-0.1, -0.05) is 6.07 Å². The number of fused-ring (bicyclic) bond motifs is 1. The first-order chi connectivity index (χ1) is 17.9. The first-order valence-electron chi connectivity index (χ1n) is 10.5. The Balaban J connectivity index is 1.47. The van der Waals surface area contributed by atoms with Gasteiger partial charge in [0, 0.05) is 16.5 Å². The Morgan fingerprint density at radius 2 is 1.89 bits per heavy atom. The summed E-state index contributed by atoms with van der Waals surface area (Å²) in [4.78, 5) is 22.5. The van der Waals surface area contributed by atoms with Gasteiger partial charge in [-0.05, 0) is 53.9 Å². The molecule has 5 N–H and O–H groups in total. The molecule has 15 heteroatoms. The van der Waals surface area contributed by atoms with E-state index in [2.05, 4.69) is 5.32 Å². The number of phenolic OH excluding ortho intramolecular Hbond substituents is 2. The minimum atomic E-state index is -4.59. The van der Waals surface area contributed by atoms with E-state index < -0.39 is 47.1 Å². The van der Waals surface area contributed by atoms with Crippen molar-refractivity contribution in [2.45, 2.75) is 4.21 Å². The molecule has 0 saturated heterocycles. The molecule has 0 aliphatic heterocycles. The van der Waals surface area contributed by atoms with Gasteiger partial charge in [0.15, 0.2) is 11.5 Å². The fourth-order valence-electron chi connectivity index (χ4n) is 3.22. The first-order valence-corrected chi connectivity index (χ1v) is 14.5. The monoisotopic (exact) mass is 577 g/mol. The van der Waals surface area contributed by atoms with Crippen LogP contribution >= 0.6 is 18.9 Å². The normalized spacial score (nSPS) is 13.0. The molecule has 4 rings (SSSR count). The molecule has 196 valence electrons. The number of hydrogen-bond donors (Lipinski definition) is 5. The van der Waals surface area contributed by atoms with Crippen LogP contribution in [0.3, 0.4) is 0 Å². The summed E-state index contributed by atoms with van der Waals surface area (Å²) in [6.07, 6.45) is -1.01. The van der Waals surface area contributed by atoms with Crippen LogP contribution in [0.25, 0.3) is 10.1 Å². The molecule has 1 aromatic heterocycles. The van der Waals surface area contributed by atoms with Crippen molar-refractivity contribution in [3.8, 4) is 23.3 Å². The third kappa shape index (κ3) is 5.94. The van der Waals surface area contributed by atoms with Crippen molar-refractivity contribution in [3.63, 3.8) is 0 Å². The Labute approximate surface area is 219 Å². The van der Waals surface area contributed by atoms with E-state index in [0.717, 1.165) is 29.5 Å². The van der Waals surface area contributed by atoms with Crippen LogP contribution in [0.4, 0.5) is 10.1 Å². The largest absolute Gasteiger partial charge is 0.504 e. The summed E-state index contributed by atoms with van der Waals surface area (Å²) in [6, 6.07) is 14.2. The number of benzene rings is 3. The van der Waals surface area contributed by atoms with E-state index >= 15 is 0 Å². The Morgan fingerprint density at radius 3 is 2.61 bits per heavy atom. The number of aromatic hydroxyl groups is 2. The van der Waals surface area contributed by atoms with Crippen LogP contribution in [0, 0.1) is 17.1 Å². The lowest BCUT2D eigenvalue weighted by Gasteiger charge is -2.14. The zero-order valence-corrected chi connectivity index (χ0v) is 21.5. The molecule has 0 aliphatic carbocycles. The fourth-order valence-corrected chi connectivity index (χ4v) is 7.14. The van der Waals surface area contributed by atoms with Gasteiger partial charge in [0.1, 0.15) is 28.1 Å². The van der Waals surface area contributed by atoms with E-state index in [1.807, 2.05) is 4.72 Å². The number of carbonyl (C=O) groups is 1. The highest BCUT2D eigenvalue weighted by molar-refractivity contribution is 7.92. The molecule has 1 unspecified atom stereocenters. The number of nitrogens with zero attached hydrogens (tertiary/aromatic N) is 1. The number of halogens is 1. The Hall–Kier alpha value is -3.99. The molecule has 0 saturated carbocycles. The van der Waals surface area contributed by atoms with Crippen molar-refractivity contribution in [1.29, 1.82) is 5.26 Å². The summed E-state index contributed by atoms with van der Waals surface area (Å²) < 4.78 is 58.7. The quantitative estimate of drug-likeness (QED) is 0.152. The summed E-state index contributed by atoms with van der Waals surface area (Å²) in [5.41, 5.74) is -0.180. The second-order valence-electron chi connectivity index (χ2n) is 7.73. The zero-order chi connectivity index (χ0) is 27.7. The van der Waals surface area contributed by atoms with Gasteiger partial charge >= 0.3 is 7.60 Å². The lowest BCUT2D eigenvalue weighted by atomic mass is 10.1. The molecule has 0 bridgehead atoms. The molecule has 0 spiro atoms. The number of hydrogen-bond acceptors (Lipinski definition) is 9. The number of nitriles is 1. The van der Waals surface area contributed by atoms with Gasteiger partial charge in [0.25, 0.3) is 15.9 Å². The van der Waals surface area contributed by atoms with Gasteiger partial charge < -0.3 is 24.9 Å². The topological polar surface area (TPSA) is 186 Å². The number of phenols is 2. The van der Waals surface area contributed by atoms with E-state index in [0.29, 0.717) is 10.1 Å². The smallest absolute Gasteiger partial charge is 0.391 e. The zero-order valence-electron chi connectivity index (χ0n) is 19.0. The van der Waals surface area contributed by atoms with Gasteiger partial charge in [0.05, 0.1) is 11.1 Å². The lowest BCUT2D eigenvalue weighted by molar-refractivity contribution is 0.102. The number of rotatable bonds is 8. The minimum Gasteiger partial charge on any atom is -0.504 e. The van der Waals surface area contributed by atoms with Crippen molar-refractivity contribution in [2.24, 2.45) is 0 Å². The van der Waals surface area contributed by atoms with E-state index in [4.69, 9.17) is 9.79 Å². The van der Waals surface area contributed by atoms with Gasteiger partial charge in [-0.25, -0.2) is 17.4 Å². The van der Waals surface area contributed by atoms with Crippen molar-refractivity contribution < 1.29 is 41.8 Å². The molecule has 1 heterocycles. The van der Waals surface area contributed by atoms with Crippen LogP contribution in [0.2, 0.25) is 0 Å². The lowest BCUT2D eigenvalue weighted by Crippen LogP contribution is -2.25. The maximum Gasteiger partial charge on any atom is 0.391 e. The van der Waals surface area contributed by atoms with Crippen LogP contribution in [-0.4, -0.2) is 35.7 Å². The minimum absolute atomic E-state index is 0.165. The Morgan fingerprint density at radius 1 is 1.13 bits per heavy atom. The van der Waals surface area contributed by atoms with Crippen molar-refractivity contribution in [3.05, 3.63) is 77.6 Å². The average Bonchev–Trinajstić information content (AvgIpc) is 3.29. The van der Waals surface area contributed by atoms with E-state index in [9.17, 15) is 37.3 Å². The Kier molecular flexibility index (Phi) is 7.41. The van der Waals surface area contributed by atoms with Gasteiger partial charge in [0.2, 0.25) is 0 Å². The molecule has 11 nitrogen and oxygen atoms in total. The third-order valence-corrected chi connectivity index (χ3v) is 9.30. The molecule has 1 amide bonds. The maximum atomic E-state index is 13.7. The fraction of sp³-hybridized carbons (Fsp3) is 0.0435. The number of sulfonamides is 1. The third-order valence-electron chi connectivity index (χ3n) is 5.04. The molecule has 1 atom stereocenters. The summed E-state index contributed by atoms with van der Waals surface area (Å²) in [5, 5.41) is 31.2. The second kappa shape index (κ2) is 10.4. The number of para-hydroxylation sites is 1. The molecule has 38 heavy (non-hydrogen) atoms. The molecular formula is C23H17FN3O8PS2. The van der Waals surface area contributed by atoms with Crippen LogP contribution in [0.5, 0.6) is 17.2 Å². The van der Waals surface area contributed by atoms with Crippen LogP contribution in [0.15, 0.2) is 64.9 Å². The van der Waals surface area contributed by atoms with E-state index in [1.165, 1.54) is 36.4 Å². The number of carbonyl (C=O) groups excluding carboxylic acids is 1. The predicted molar refractivity (Wildman–Crippen MR) is 136 cm³/mol. The van der Waals surface area contributed by atoms with Crippen LogP contribution in [-0.2, 0) is 14.6 Å². The van der Waals surface area contributed by atoms with E-state index in [1.54, 1.807) is 12.1 Å². The molecule has 0 radical (unpaired) electrons. The van der Waals surface area contributed by atoms with Gasteiger partial charge in [-0.3, -0.25) is 4.79 Å². The standard InChI is InChI=1S/C23H17FN3O8PS2/c24-18-10-16(6-4-13(18)11-25)35-36(31,32)12-26-38(33,34)21-9-14-8-15(5-7-20(14)37-21)27-23(30)17-2-1-3-19(28)22(17)29/h1-10,26,28-29H,12H2,(H,27,30)(H,31,32). The van der Waals surface area contributed by atoms with E-state index in [-0.39, 0.29) is 26.8 Å². The summed E-state index contributed by atoms with van der Waals surface area (Å²) >= 11 is 0.865. The number of anilines is 1. The van der Waals surface area contributed by atoms with Crippen molar-refractivity contribution >= 4 is 50.6 Å². The average molecular weight is 578 g/mol. The van der Waals surface area contributed by atoms with Gasteiger partial charge in [-0.2, -0.15) is 9.98 Å². The van der Waals surface area contributed by atoms with Gasteiger partial charge in [-0.15, -0.1) is 11.3 Å². The number of amides is 1. The summed E-state index contributed by atoms with van der Waals surface area (Å²) in [7, 11) is -8.86. The number of thiophene rings is 1. The highest BCUT2D eigenvalue weighted by Gasteiger charge is 2.27. The highest BCUT2D eigenvalue weighted by Crippen LogP contribution is 2.42. The molecule has 0 aliphatic rings.